The van der Waals surface area contributed by atoms with E-state index >= 15 is 0 Å². The smallest absolute Gasteiger partial charge is 0.306 e. The maximum Gasteiger partial charge on any atom is 0.306 e. The highest BCUT2D eigenvalue weighted by atomic mass is 35.5. The van der Waals surface area contributed by atoms with Gasteiger partial charge in [-0.1, -0.05) is 24.6 Å². The van der Waals surface area contributed by atoms with Crippen LogP contribution in [0, 0.1) is 23.7 Å². The number of fused-ring (bicyclic) bond motifs is 6. The third-order valence-corrected chi connectivity index (χ3v) is 14.3. The molecule has 2 fully saturated rings. The summed E-state index contributed by atoms with van der Waals surface area (Å²) in [6.45, 7) is 3.77. The number of hydrogen-bond donors (Lipinski definition) is 1. The minimum absolute atomic E-state index is 0.0298. The summed E-state index contributed by atoms with van der Waals surface area (Å²) in [6, 6.07) is 11.4. The van der Waals surface area contributed by atoms with Gasteiger partial charge in [-0.2, -0.15) is 0 Å². The molecule has 1 saturated carbocycles. The first-order chi connectivity index (χ1) is 25.4. The summed E-state index contributed by atoms with van der Waals surface area (Å²) in [7, 11) is -0.597. The monoisotopic (exact) mass is 763 g/mol. The lowest BCUT2D eigenvalue weighted by molar-refractivity contribution is -0.146. The number of carbonyl (C=O) groups excluding carboxylic acids is 3. The summed E-state index contributed by atoms with van der Waals surface area (Å²) in [5.41, 5.74) is 3.27. The van der Waals surface area contributed by atoms with Gasteiger partial charge in [-0.05, 0) is 98.2 Å². The number of carbonyl (C=O) groups is 3. The van der Waals surface area contributed by atoms with Gasteiger partial charge in [-0.15, -0.1) is 9.46 Å². The molecule has 1 spiro atoms. The number of methoxy groups -OCH3 is 1. The van der Waals surface area contributed by atoms with Crippen molar-refractivity contribution in [2.45, 2.75) is 69.8 Å². The van der Waals surface area contributed by atoms with E-state index in [0.717, 1.165) is 42.8 Å². The van der Waals surface area contributed by atoms with Crippen LogP contribution in [0.25, 0.3) is 0 Å². The summed E-state index contributed by atoms with van der Waals surface area (Å²) >= 11 is 6.46. The molecule has 4 heterocycles. The molecule has 14 heteroatoms. The number of ether oxygens (including phenoxy) is 3. The van der Waals surface area contributed by atoms with E-state index in [2.05, 4.69) is 31.2 Å². The highest BCUT2D eigenvalue weighted by molar-refractivity contribution is 7.92. The fourth-order valence-electron chi connectivity index (χ4n) is 9.34. The number of hydrogen-bond acceptors (Lipinski definition) is 9. The number of aryl methyl sites for hydroxylation is 2. The molecular weight excluding hydrogens is 718 g/mol. The Balaban J connectivity index is 1.21. The molecule has 3 aromatic rings. The molecule has 5 aliphatic rings. The number of anilines is 1. The summed E-state index contributed by atoms with van der Waals surface area (Å²) in [5.74, 6) is -0.560. The molecule has 2 aliphatic carbocycles. The molecule has 1 aromatic heterocycles. The van der Waals surface area contributed by atoms with Gasteiger partial charge in [0.2, 0.25) is 5.88 Å². The maximum atomic E-state index is 14.7. The van der Waals surface area contributed by atoms with Crippen molar-refractivity contribution >= 4 is 45.0 Å². The zero-order valence-corrected chi connectivity index (χ0v) is 31.9. The van der Waals surface area contributed by atoms with E-state index in [9.17, 15) is 18.6 Å². The minimum atomic E-state index is -3.64. The fourth-order valence-corrected chi connectivity index (χ4v) is 11.5. The van der Waals surface area contributed by atoms with Gasteiger partial charge in [0.15, 0.2) is 0 Å². The normalized spacial score (nSPS) is 31.1. The van der Waals surface area contributed by atoms with Gasteiger partial charge in [-0.25, -0.2) is 4.21 Å². The Morgan fingerprint density at radius 1 is 1.11 bits per heavy atom. The third-order valence-electron chi connectivity index (χ3n) is 12.1. The zero-order chi connectivity index (χ0) is 37.1. The lowest BCUT2D eigenvalue weighted by atomic mass is 9.66. The van der Waals surface area contributed by atoms with Crippen molar-refractivity contribution in [3.8, 4) is 11.6 Å². The average Bonchev–Trinajstić information content (AvgIpc) is 3.63. The second-order valence-corrected chi connectivity index (χ2v) is 18.2. The van der Waals surface area contributed by atoms with Crippen LogP contribution in [0.3, 0.4) is 0 Å². The molecule has 2 aromatic carbocycles. The second kappa shape index (κ2) is 14.0. The Kier molecular flexibility index (Phi) is 9.45. The molecule has 2 amide bonds. The topological polar surface area (TPSA) is 141 Å². The molecule has 12 nitrogen and oxygen atoms in total. The number of esters is 1. The van der Waals surface area contributed by atoms with Crippen molar-refractivity contribution < 1.29 is 32.8 Å². The number of aromatic nitrogens is 2. The molecule has 7 atom stereocenters. The molecule has 0 unspecified atom stereocenters. The molecule has 3 aliphatic heterocycles. The fraction of sp³-hybridized carbons (Fsp3) is 0.538. The van der Waals surface area contributed by atoms with Gasteiger partial charge in [-0.3, -0.25) is 23.8 Å². The highest BCUT2D eigenvalue weighted by Gasteiger charge is 2.49. The molecular formula is C39H46ClN5O7S. The van der Waals surface area contributed by atoms with E-state index in [4.69, 9.17) is 25.8 Å². The van der Waals surface area contributed by atoms with E-state index in [1.54, 1.807) is 25.2 Å². The van der Waals surface area contributed by atoms with Gasteiger partial charge >= 0.3 is 5.97 Å². The van der Waals surface area contributed by atoms with Gasteiger partial charge in [0.05, 0.1) is 31.6 Å². The van der Waals surface area contributed by atoms with Gasteiger partial charge in [0, 0.05) is 54.2 Å². The Labute approximate surface area is 315 Å². The van der Waals surface area contributed by atoms with Crippen molar-refractivity contribution in [1.82, 2.24) is 14.5 Å². The molecule has 0 radical (unpaired) electrons. The summed E-state index contributed by atoms with van der Waals surface area (Å²) in [4.78, 5) is 42.8. The average molecular weight is 764 g/mol. The van der Waals surface area contributed by atoms with Gasteiger partial charge < -0.3 is 19.1 Å². The lowest BCUT2D eigenvalue weighted by Gasteiger charge is -2.46. The van der Waals surface area contributed by atoms with E-state index < -0.39 is 21.7 Å². The third kappa shape index (κ3) is 6.90. The van der Waals surface area contributed by atoms with Crippen LogP contribution in [0.15, 0.2) is 47.0 Å². The molecule has 282 valence electrons. The molecule has 1 saturated heterocycles. The van der Waals surface area contributed by atoms with Crippen LogP contribution in [0.5, 0.6) is 11.6 Å². The van der Waals surface area contributed by atoms with Crippen LogP contribution < -0.4 is 19.1 Å². The van der Waals surface area contributed by atoms with Crippen molar-refractivity contribution in [1.29, 1.82) is 0 Å². The maximum absolute atomic E-state index is 14.7. The number of amides is 2. The van der Waals surface area contributed by atoms with Crippen LogP contribution in [0.1, 0.15) is 83.7 Å². The second-order valence-electron chi connectivity index (χ2n) is 15.7. The van der Waals surface area contributed by atoms with E-state index in [0.29, 0.717) is 44.7 Å². The van der Waals surface area contributed by atoms with E-state index in [1.165, 1.54) is 29.1 Å². The van der Waals surface area contributed by atoms with Crippen LogP contribution in [0.4, 0.5) is 5.69 Å². The van der Waals surface area contributed by atoms with Crippen LogP contribution in [-0.2, 0) is 38.3 Å². The number of nitrogens with zero attached hydrogens (tertiary/aromatic N) is 4. The van der Waals surface area contributed by atoms with Crippen molar-refractivity contribution in [3.63, 3.8) is 0 Å². The predicted molar refractivity (Wildman–Crippen MR) is 200 cm³/mol. The number of nitrogens with one attached hydrogen (secondary N) is 1. The van der Waals surface area contributed by atoms with Crippen LogP contribution in [-0.4, -0.2) is 70.4 Å². The first-order valence-electron chi connectivity index (χ1n) is 18.6. The van der Waals surface area contributed by atoms with Gasteiger partial charge in [0.25, 0.3) is 11.8 Å². The Morgan fingerprint density at radius 2 is 1.94 bits per heavy atom. The van der Waals surface area contributed by atoms with Crippen LogP contribution in [0.2, 0.25) is 5.02 Å². The standard InChI is InChI=1S/C39H46ClN5O7S/c1-23-6-7-25-17-34(46)52-35(25)29-11-8-27(29)18-45-21-39(14-4-5-24-15-28(40)10-12-31(24)39)22-51-33-13-9-26(16-32(33)45)36(47)42-53(49,20-23)43-37(48)30-19-44(2)41-38(30)50-3/h9-10,12-13,15-16,19,23,25,27,29,35H,4-8,11,14,17-18,20-22H2,1-3H3,(H,42,43,47,48,49)/t23-,25-,27-,29+,35-,39-,53-/m0/s1. The van der Waals surface area contributed by atoms with Crippen molar-refractivity contribution in [2.75, 3.05) is 37.5 Å². The molecule has 1 N–H and O–H groups in total. The summed E-state index contributed by atoms with van der Waals surface area (Å²) < 4.78 is 41.0. The quantitative estimate of drug-likeness (QED) is 0.323. The SMILES string of the molecule is COc1nn(C)cc1C(=O)N[S@@]1(=O)=NC(=O)c2ccc3c(c2)N(C[C@@H]2CC[C@H]2[C@H]2OC(=O)C[C@@H]2CC[C@H](C)C1)C[C@@]1(CCCc2cc(Cl)ccc21)CO3. The number of halogens is 1. The first-order valence-corrected chi connectivity index (χ1v) is 20.7. The predicted octanol–water partition coefficient (Wildman–Crippen LogP) is 5.90. The Hall–Kier alpha value is -4.10. The first kappa shape index (κ1) is 35.9. The molecule has 8 rings (SSSR count). The van der Waals surface area contributed by atoms with Crippen molar-refractivity contribution in [2.24, 2.45) is 35.1 Å². The van der Waals surface area contributed by atoms with E-state index in [-0.39, 0.29) is 63.9 Å². The largest absolute Gasteiger partial charge is 0.490 e. The van der Waals surface area contributed by atoms with Crippen LogP contribution >= 0.6 is 11.6 Å². The summed E-state index contributed by atoms with van der Waals surface area (Å²) in [5, 5.41) is 4.87. The Bertz CT molecular complexity index is 2090. The van der Waals surface area contributed by atoms with Gasteiger partial charge in [0.1, 0.15) is 27.3 Å². The number of benzene rings is 2. The lowest BCUT2D eigenvalue weighted by Crippen LogP contribution is -2.50. The Morgan fingerprint density at radius 3 is 2.74 bits per heavy atom. The molecule has 53 heavy (non-hydrogen) atoms. The van der Waals surface area contributed by atoms with E-state index in [1.807, 2.05) is 13.0 Å². The zero-order valence-electron chi connectivity index (χ0n) is 30.3. The summed E-state index contributed by atoms with van der Waals surface area (Å²) in [6.07, 6.45) is 7.83. The number of rotatable bonds is 3. The minimum Gasteiger partial charge on any atom is -0.490 e. The van der Waals surface area contributed by atoms with Crippen molar-refractivity contribution in [3.05, 3.63) is 69.9 Å². The molecule has 2 bridgehead atoms. The highest BCUT2D eigenvalue weighted by Crippen LogP contribution is 2.49.